The van der Waals surface area contributed by atoms with Crippen LogP contribution in [0.2, 0.25) is 0 Å². The highest BCUT2D eigenvalue weighted by molar-refractivity contribution is 5.30. The summed E-state index contributed by atoms with van der Waals surface area (Å²) in [5, 5.41) is 9.62. The largest absolute Gasteiger partial charge is 0.488 e. The molecule has 1 fully saturated rings. The summed E-state index contributed by atoms with van der Waals surface area (Å²) in [4.78, 5) is 0. The molecule has 3 N–H and O–H groups in total. The van der Waals surface area contributed by atoms with Crippen LogP contribution < -0.4 is 10.5 Å². The van der Waals surface area contributed by atoms with Gasteiger partial charge in [0.1, 0.15) is 17.7 Å². The van der Waals surface area contributed by atoms with Crippen LogP contribution in [-0.4, -0.2) is 17.3 Å². The van der Waals surface area contributed by atoms with Crippen LogP contribution in [0.5, 0.6) is 5.75 Å². The number of nitrogens with two attached hydrogens (primary N) is 1. The molecule has 0 aromatic heterocycles. The zero-order valence-corrected chi connectivity index (χ0v) is 9.90. The van der Waals surface area contributed by atoms with E-state index in [0.717, 1.165) is 19.3 Å². The topological polar surface area (TPSA) is 55.5 Å². The quantitative estimate of drug-likeness (QED) is 0.849. The molecule has 1 aromatic rings. The Bertz CT molecular complexity index is 395. The molecule has 2 rings (SSSR count). The average molecular weight is 239 g/mol. The van der Waals surface area contributed by atoms with Gasteiger partial charge in [-0.2, -0.15) is 0 Å². The zero-order chi connectivity index (χ0) is 12.4. The molecule has 0 bridgehead atoms. The number of ether oxygens (including phenoxy) is 1. The van der Waals surface area contributed by atoms with E-state index in [-0.39, 0.29) is 18.0 Å². The number of hydrogen-bond donors (Lipinski definition) is 2. The Morgan fingerprint density at radius 3 is 2.76 bits per heavy atom. The smallest absolute Gasteiger partial charge is 0.131 e. The summed E-state index contributed by atoms with van der Waals surface area (Å²) in [5.74, 6) is 0.0998. The van der Waals surface area contributed by atoms with Crippen molar-refractivity contribution in [2.24, 2.45) is 5.73 Å². The molecule has 1 saturated carbocycles. The van der Waals surface area contributed by atoms with Crippen LogP contribution in [0.25, 0.3) is 0 Å². The molecule has 0 saturated heterocycles. The van der Waals surface area contributed by atoms with Crippen molar-refractivity contribution < 1.29 is 14.2 Å². The van der Waals surface area contributed by atoms with Crippen LogP contribution in [0.3, 0.4) is 0 Å². The van der Waals surface area contributed by atoms with Crippen LogP contribution >= 0.6 is 0 Å². The van der Waals surface area contributed by atoms with Gasteiger partial charge in [-0.15, -0.1) is 0 Å². The summed E-state index contributed by atoms with van der Waals surface area (Å²) in [7, 11) is 0. The molecular formula is C13H18FNO2. The highest BCUT2D eigenvalue weighted by Gasteiger charge is 2.27. The van der Waals surface area contributed by atoms with E-state index in [1.165, 1.54) is 6.07 Å². The van der Waals surface area contributed by atoms with Crippen molar-refractivity contribution >= 4 is 0 Å². The molecule has 1 aromatic carbocycles. The van der Waals surface area contributed by atoms with Crippen molar-refractivity contribution in [2.45, 2.75) is 44.4 Å². The van der Waals surface area contributed by atoms with Crippen LogP contribution in [0.1, 0.15) is 37.8 Å². The summed E-state index contributed by atoms with van der Waals surface area (Å²) >= 11 is 0. The van der Waals surface area contributed by atoms with E-state index >= 15 is 0 Å². The third kappa shape index (κ3) is 2.76. The normalized spacial score (nSPS) is 25.9. The van der Waals surface area contributed by atoms with Crippen LogP contribution in [0.15, 0.2) is 18.2 Å². The summed E-state index contributed by atoms with van der Waals surface area (Å²) in [6.07, 6.45) is 1.87. The first kappa shape index (κ1) is 12.3. The molecule has 0 heterocycles. The van der Waals surface area contributed by atoms with E-state index in [2.05, 4.69) is 0 Å². The molecule has 17 heavy (non-hydrogen) atoms. The number of rotatable bonds is 3. The average Bonchev–Trinajstić information content (AvgIpc) is 2.64. The number of aliphatic hydroxyl groups excluding tert-OH is 1. The van der Waals surface area contributed by atoms with E-state index in [4.69, 9.17) is 10.5 Å². The van der Waals surface area contributed by atoms with Gasteiger partial charge in [-0.1, -0.05) is 6.07 Å². The number of benzene rings is 1. The van der Waals surface area contributed by atoms with Crippen molar-refractivity contribution in [3.05, 3.63) is 29.6 Å². The minimum atomic E-state index is -0.439. The molecular weight excluding hydrogens is 221 g/mol. The molecule has 0 aliphatic heterocycles. The SMILES string of the molecule is CC(N)c1ccc(OC2CCCC2O)cc1F. The van der Waals surface area contributed by atoms with Gasteiger partial charge in [-0.3, -0.25) is 0 Å². The molecule has 4 heteroatoms. The van der Waals surface area contributed by atoms with Crippen molar-refractivity contribution in [1.82, 2.24) is 0 Å². The van der Waals surface area contributed by atoms with Gasteiger partial charge >= 0.3 is 0 Å². The monoisotopic (exact) mass is 239 g/mol. The van der Waals surface area contributed by atoms with Gasteiger partial charge in [-0.25, -0.2) is 4.39 Å². The Kier molecular flexibility index (Phi) is 3.64. The minimum absolute atomic E-state index is 0.212. The summed E-state index contributed by atoms with van der Waals surface area (Å²) in [6, 6.07) is 4.34. The Labute approximate surface area is 100 Å². The van der Waals surface area contributed by atoms with Gasteiger partial charge in [0.25, 0.3) is 0 Å². The first-order valence-corrected chi connectivity index (χ1v) is 5.97. The summed E-state index contributed by atoms with van der Waals surface area (Å²) in [5.41, 5.74) is 6.11. The molecule has 1 aliphatic carbocycles. The Morgan fingerprint density at radius 2 is 2.24 bits per heavy atom. The van der Waals surface area contributed by atoms with Gasteiger partial charge < -0.3 is 15.6 Å². The van der Waals surface area contributed by atoms with Gasteiger partial charge in [0, 0.05) is 17.7 Å². The molecule has 3 nitrogen and oxygen atoms in total. The fourth-order valence-corrected chi connectivity index (χ4v) is 2.17. The van der Waals surface area contributed by atoms with Crippen LogP contribution in [-0.2, 0) is 0 Å². The number of halogens is 1. The third-order valence-corrected chi connectivity index (χ3v) is 3.17. The van der Waals surface area contributed by atoms with Crippen molar-refractivity contribution in [1.29, 1.82) is 0 Å². The maximum atomic E-state index is 13.6. The van der Waals surface area contributed by atoms with E-state index in [0.29, 0.717) is 11.3 Å². The van der Waals surface area contributed by atoms with Crippen molar-refractivity contribution in [3.8, 4) is 5.75 Å². The van der Waals surface area contributed by atoms with E-state index in [1.54, 1.807) is 19.1 Å². The molecule has 0 spiro atoms. The highest BCUT2D eigenvalue weighted by Crippen LogP contribution is 2.26. The zero-order valence-electron chi connectivity index (χ0n) is 9.90. The molecule has 0 amide bonds. The summed E-state index contributed by atoms with van der Waals surface area (Å²) < 4.78 is 19.2. The molecule has 1 aliphatic rings. The predicted octanol–water partition coefficient (Wildman–Crippen LogP) is 2.14. The fraction of sp³-hybridized carbons (Fsp3) is 0.538. The Balaban J connectivity index is 2.09. The minimum Gasteiger partial charge on any atom is -0.488 e. The maximum absolute atomic E-state index is 13.6. The Morgan fingerprint density at radius 1 is 1.47 bits per heavy atom. The van der Waals surface area contributed by atoms with Gasteiger partial charge in [-0.05, 0) is 32.3 Å². The second-order valence-corrected chi connectivity index (χ2v) is 4.63. The standard InChI is InChI=1S/C13H18FNO2/c1-8(15)10-6-5-9(7-11(10)14)17-13-4-2-3-12(13)16/h5-8,12-13,16H,2-4,15H2,1H3. The number of hydrogen-bond acceptors (Lipinski definition) is 3. The van der Waals surface area contributed by atoms with E-state index in [9.17, 15) is 9.50 Å². The predicted molar refractivity (Wildman–Crippen MR) is 63.3 cm³/mol. The van der Waals surface area contributed by atoms with Gasteiger partial charge in [0.2, 0.25) is 0 Å². The van der Waals surface area contributed by atoms with Gasteiger partial charge in [0.05, 0.1) is 6.10 Å². The second kappa shape index (κ2) is 5.02. The van der Waals surface area contributed by atoms with E-state index in [1.807, 2.05) is 0 Å². The molecule has 3 atom stereocenters. The van der Waals surface area contributed by atoms with Crippen LogP contribution in [0.4, 0.5) is 4.39 Å². The maximum Gasteiger partial charge on any atom is 0.131 e. The Hall–Kier alpha value is -1.13. The fourth-order valence-electron chi connectivity index (χ4n) is 2.17. The lowest BCUT2D eigenvalue weighted by molar-refractivity contribution is 0.0602. The second-order valence-electron chi connectivity index (χ2n) is 4.63. The molecule has 94 valence electrons. The first-order chi connectivity index (χ1) is 8.08. The van der Waals surface area contributed by atoms with Crippen LogP contribution in [0, 0.1) is 5.82 Å². The first-order valence-electron chi connectivity index (χ1n) is 5.97. The highest BCUT2D eigenvalue weighted by atomic mass is 19.1. The summed E-state index contributed by atoms with van der Waals surface area (Å²) in [6.45, 7) is 1.74. The molecule has 3 unspecified atom stereocenters. The third-order valence-electron chi connectivity index (χ3n) is 3.17. The van der Waals surface area contributed by atoms with Crippen molar-refractivity contribution in [3.63, 3.8) is 0 Å². The number of aliphatic hydroxyl groups is 1. The molecule has 0 radical (unpaired) electrons. The van der Waals surface area contributed by atoms with Crippen molar-refractivity contribution in [2.75, 3.05) is 0 Å². The lowest BCUT2D eigenvalue weighted by Gasteiger charge is -2.18. The lowest BCUT2D eigenvalue weighted by atomic mass is 10.1. The van der Waals surface area contributed by atoms with Gasteiger partial charge in [0.15, 0.2) is 0 Å². The van der Waals surface area contributed by atoms with E-state index < -0.39 is 6.10 Å². The lowest BCUT2D eigenvalue weighted by Crippen LogP contribution is -2.25.